The predicted octanol–water partition coefficient (Wildman–Crippen LogP) is 3.22. The molecule has 3 nitrogen and oxygen atoms in total. The lowest BCUT2D eigenvalue weighted by Gasteiger charge is -2.12. The van der Waals surface area contributed by atoms with Gasteiger partial charge in [0.1, 0.15) is 5.69 Å². The Bertz CT molecular complexity index is 435. The number of ketones is 1. The van der Waals surface area contributed by atoms with Gasteiger partial charge in [-0.05, 0) is 24.1 Å². The third kappa shape index (κ3) is 1.86. The summed E-state index contributed by atoms with van der Waals surface area (Å²) in [6.07, 6.45) is 4.27. The molecule has 0 N–H and O–H groups in total. The molecule has 0 unspecified atom stereocenters. The molecule has 0 aromatic heterocycles. The Labute approximate surface area is 87.8 Å². The second-order valence-corrected chi connectivity index (χ2v) is 3.54. The summed E-state index contributed by atoms with van der Waals surface area (Å²) in [5.41, 5.74) is 1.66. The van der Waals surface area contributed by atoms with Gasteiger partial charge in [0.2, 0.25) is 0 Å². The quantitative estimate of drug-likeness (QED) is 0.689. The van der Waals surface area contributed by atoms with Crippen LogP contribution in [0.2, 0.25) is 0 Å². The second kappa shape index (κ2) is 4.17. The highest BCUT2D eigenvalue weighted by molar-refractivity contribution is 6.22. The van der Waals surface area contributed by atoms with E-state index in [1.54, 1.807) is 18.2 Å². The van der Waals surface area contributed by atoms with Gasteiger partial charge in [-0.3, -0.25) is 4.79 Å². The molecule has 15 heavy (non-hydrogen) atoms. The van der Waals surface area contributed by atoms with Gasteiger partial charge in [0, 0.05) is 17.6 Å². The molecule has 0 fully saturated rings. The molecule has 0 saturated carbocycles. The van der Waals surface area contributed by atoms with E-state index in [-0.39, 0.29) is 5.78 Å². The molecule has 0 heterocycles. The number of hydrogen-bond acceptors (Lipinski definition) is 3. The molecule has 0 spiro atoms. The van der Waals surface area contributed by atoms with Crippen LogP contribution in [0.3, 0.4) is 0 Å². The van der Waals surface area contributed by atoms with Gasteiger partial charge < -0.3 is 0 Å². The topological polar surface area (TPSA) is 46.5 Å². The molecule has 0 bridgehead atoms. The summed E-state index contributed by atoms with van der Waals surface area (Å²) < 4.78 is 0. The van der Waals surface area contributed by atoms with E-state index in [2.05, 4.69) is 5.18 Å². The minimum Gasteiger partial charge on any atom is -0.294 e. The van der Waals surface area contributed by atoms with E-state index in [0.29, 0.717) is 23.2 Å². The number of nitrogens with zero attached hydrogens (tertiary/aromatic N) is 1. The van der Waals surface area contributed by atoms with E-state index >= 15 is 0 Å². The zero-order chi connectivity index (χ0) is 10.7. The molecule has 0 aliphatic heterocycles. The monoisotopic (exact) mass is 201 g/mol. The minimum atomic E-state index is 0.109. The number of allylic oxidation sites excluding steroid dienone is 2. The van der Waals surface area contributed by atoms with Crippen LogP contribution < -0.4 is 0 Å². The van der Waals surface area contributed by atoms with Crippen molar-refractivity contribution in [3.05, 3.63) is 40.8 Å². The lowest BCUT2D eigenvalue weighted by Crippen LogP contribution is -2.05. The van der Waals surface area contributed by atoms with Gasteiger partial charge in [-0.1, -0.05) is 24.3 Å². The maximum Gasteiger partial charge on any atom is 0.163 e. The maximum atomic E-state index is 11.7. The van der Waals surface area contributed by atoms with Crippen LogP contribution in [0.15, 0.2) is 35.5 Å². The number of benzene rings is 1. The van der Waals surface area contributed by atoms with Crippen molar-refractivity contribution in [2.45, 2.75) is 19.3 Å². The van der Waals surface area contributed by atoms with Gasteiger partial charge >= 0.3 is 0 Å². The molecule has 1 aromatic carbocycles. The highest BCUT2D eigenvalue weighted by Crippen LogP contribution is 2.30. The van der Waals surface area contributed by atoms with Crippen LogP contribution in [0, 0.1) is 4.91 Å². The largest absolute Gasteiger partial charge is 0.294 e. The molecule has 0 saturated heterocycles. The van der Waals surface area contributed by atoms with Gasteiger partial charge in [0.25, 0.3) is 0 Å². The van der Waals surface area contributed by atoms with Gasteiger partial charge in [-0.2, -0.15) is 0 Å². The average molecular weight is 201 g/mol. The molecule has 1 aliphatic carbocycles. The lowest BCUT2D eigenvalue weighted by molar-refractivity contribution is -0.114. The van der Waals surface area contributed by atoms with E-state index in [9.17, 15) is 9.70 Å². The first-order chi connectivity index (χ1) is 7.33. The van der Waals surface area contributed by atoms with Crippen LogP contribution in [-0.2, 0) is 4.79 Å². The maximum absolute atomic E-state index is 11.7. The zero-order valence-electron chi connectivity index (χ0n) is 8.27. The highest BCUT2D eigenvalue weighted by Gasteiger charge is 2.17. The molecule has 0 amide bonds. The third-order valence-electron chi connectivity index (χ3n) is 2.55. The summed E-state index contributed by atoms with van der Waals surface area (Å²) in [5.74, 6) is 0.109. The first kappa shape index (κ1) is 9.77. The fraction of sp³-hybridized carbons (Fsp3) is 0.250. The summed E-state index contributed by atoms with van der Waals surface area (Å²) in [7, 11) is 0. The Hall–Kier alpha value is -1.77. The van der Waals surface area contributed by atoms with Crippen LogP contribution in [0.5, 0.6) is 0 Å². The van der Waals surface area contributed by atoms with Crippen LogP contribution in [0.25, 0.3) is 5.57 Å². The predicted molar refractivity (Wildman–Crippen MR) is 58.7 cm³/mol. The van der Waals surface area contributed by atoms with Crippen molar-refractivity contribution in [3.63, 3.8) is 0 Å². The fourth-order valence-corrected chi connectivity index (χ4v) is 1.80. The minimum absolute atomic E-state index is 0.109. The van der Waals surface area contributed by atoms with E-state index in [0.717, 1.165) is 12.8 Å². The van der Waals surface area contributed by atoms with Crippen LogP contribution in [0.1, 0.15) is 24.8 Å². The Morgan fingerprint density at radius 2 is 2.00 bits per heavy atom. The van der Waals surface area contributed by atoms with Gasteiger partial charge in [0.05, 0.1) is 0 Å². The average Bonchev–Trinajstić information content (AvgIpc) is 2.30. The van der Waals surface area contributed by atoms with E-state index in [4.69, 9.17) is 0 Å². The molecule has 0 atom stereocenters. The number of hydrogen-bond donors (Lipinski definition) is 0. The Kier molecular flexibility index (Phi) is 2.72. The van der Waals surface area contributed by atoms with Gasteiger partial charge in [0.15, 0.2) is 5.78 Å². The lowest BCUT2D eigenvalue weighted by atomic mass is 9.92. The van der Waals surface area contributed by atoms with Crippen LogP contribution >= 0.6 is 0 Å². The SMILES string of the molecule is O=Nc1ccccc1C1=CCCCC1=O. The Morgan fingerprint density at radius 3 is 2.73 bits per heavy atom. The van der Waals surface area contributed by atoms with Crippen LogP contribution in [0.4, 0.5) is 5.69 Å². The number of carbonyl (C=O) groups excluding carboxylic acids is 1. The fourth-order valence-electron chi connectivity index (χ4n) is 1.80. The van der Waals surface area contributed by atoms with Crippen molar-refractivity contribution >= 4 is 17.0 Å². The Balaban J connectivity index is 2.48. The van der Waals surface area contributed by atoms with Crippen molar-refractivity contribution < 1.29 is 4.79 Å². The Morgan fingerprint density at radius 1 is 1.20 bits per heavy atom. The first-order valence-electron chi connectivity index (χ1n) is 4.99. The summed E-state index contributed by atoms with van der Waals surface area (Å²) in [4.78, 5) is 22.2. The van der Waals surface area contributed by atoms with Gasteiger partial charge in [-0.15, -0.1) is 4.91 Å². The van der Waals surface area contributed by atoms with Gasteiger partial charge in [-0.25, -0.2) is 0 Å². The molecule has 1 aromatic rings. The molecule has 76 valence electrons. The van der Waals surface area contributed by atoms with Crippen LogP contribution in [-0.4, -0.2) is 5.78 Å². The highest BCUT2D eigenvalue weighted by atomic mass is 16.3. The molecular formula is C12H11NO2. The molecular weight excluding hydrogens is 190 g/mol. The van der Waals surface area contributed by atoms with Crippen molar-refractivity contribution in [1.82, 2.24) is 0 Å². The third-order valence-corrected chi connectivity index (χ3v) is 2.55. The van der Waals surface area contributed by atoms with Crippen molar-refractivity contribution in [1.29, 1.82) is 0 Å². The summed E-state index contributed by atoms with van der Waals surface area (Å²) in [6, 6.07) is 6.96. The summed E-state index contributed by atoms with van der Waals surface area (Å²) >= 11 is 0. The van der Waals surface area contributed by atoms with E-state index in [1.807, 2.05) is 12.1 Å². The number of Topliss-reactive ketones (excluding diaryl/α,β-unsaturated/α-hetero) is 1. The van der Waals surface area contributed by atoms with Crippen molar-refractivity contribution in [2.24, 2.45) is 5.18 Å². The zero-order valence-corrected chi connectivity index (χ0v) is 8.27. The van der Waals surface area contributed by atoms with E-state index in [1.165, 1.54) is 0 Å². The molecule has 2 rings (SSSR count). The van der Waals surface area contributed by atoms with Crippen molar-refractivity contribution in [2.75, 3.05) is 0 Å². The first-order valence-corrected chi connectivity index (χ1v) is 4.99. The smallest absolute Gasteiger partial charge is 0.163 e. The van der Waals surface area contributed by atoms with Crippen molar-refractivity contribution in [3.8, 4) is 0 Å². The van der Waals surface area contributed by atoms with E-state index < -0.39 is 0 Å². The normalized spacial score (nSPS) is 16.0. The number of nitroso groups, excluding NO2 is 1. The molecule has 0 radical (unpaired) electrons. The molecule has 1 aliphatic rings. The number of rotatable bonds is 2. The standard InChI is InChI=1S/C12H11NO2/c14-12-8-4-2-6-10(12)9-5-1-3-7-11(9)13-15/h1,3,5-7H,2,4,8H2. The summed E-state index contributed by atoms with van der Waals surface area (Å²) in [5, 5.41) is 2.94. The summed E-state index contributed by atoms with van der Waals surface area (Å²) in [6.45, 7) is 0. The number of carbonyl (C=O) groups is 1. The molecule has 3 heteroatoms. The second-order valence-electron chi connectivity index (χ2n) is 3.54.